The smallest absolute Gasteiger partial charge is 0.193 e. The van der Waals surface area contributed by atoms with Crippen molar-refractivity contribution in [3.8, 4) is 0 Å². The highest BCUT2D eigenvalue weighted by molar-refractivity contribution is 6.06. The van der Waals surface area contributed by atoms with Crippen LogP contribution in [0.15, 0.2) is 103 Å². The molecule has 1 aromatic heterocycles. The molecule has 4 aromatic rings. The molecule has 0 bridgehead atoms. The van der Waals surface area contributed by atoms with Crippen molar-refractivity contribution in [1.29, 1.82) is 0 Å². The van der Waals surface area contributed by atoms with Crippen molar-refractivity contribution in [3.63, 3.8) is 0 Å². The maximum Gasteiger partial charge on any atom is 0.210 e. The second-order valence-electron chi connectivity index (χ2n) is 12.0. The van der Waals surface area contributed by atoms with Crippen LogP contribution in [-0.4, -0.2) is 0 Å². The highest BCUT2D eigenvalue weighted by Crippen LogP contribution is 2.66. The van der Waals surface area contributed by atoms with Crippen LogP contribution in [0.2, 0.25) is 0 Å². The standard InChI is InChI=1S/C38H42N/c1-6-9-17-28-23-25-30(26-24-28)38(29-18-11-10-12-19-29)32-21-14-13-20-31(32)34-35(38)33-22-15-16-27-39(33)37(5,8-3)36(34,4)7-2/h10-16,18-27H,6-9,17H2,1-5H3/q+1. The molecule has 1 aliphatic carbocycles. The van der Waals surface area contributed by atoms with Gasteiger partial charge < -0.3 is 0 Å². The Bertz CT molecular complexity index is 1530. The first kappa shape index (κ1) is 25.8. The average molecular weight is 513 g/mol. The molecule has 2 heterocycles. The summed E-state index contributed by atoms with van der Waals surface area (Å²) in [7, 11) is 0. The lowest BCUT2D eigenvalue weighted by Gasteiger charge is -2.47. The van der Waals surface area contributed by atoms with Crippen molar-refractivity contribution in [3.05, 3.63) is 137 Å². The third-order valence-electron chi connectivity index (χ3n) is 10.4. The highest BCUT2D eigenvalue weighted by Gasteiger charge is 2.64. The first-order valence-corrected chi connectivity index (χ1v) is 15.0. The number of fused-ring (bicyclic) bond motifs is 4. The van der Waals surface area contributed by atoms with E-state index in [1.165, 1.54) is 57.5 Å². The van der Waals surface area contributed by atoms with E-state index in [0.717, 1.165) is 19.3 Å². The molecule has 3 unspecified atom stereocenters. The molecule has 0 saturated carbocycles. The minimum absolute atomic E-state index is 0.0379. The molecule has 0 spiro atoms. The molecule has 3 atom stereocenters. The van der Waals surface area contributed by atoms with Crippen molar-refractivity contribution < 1.29 is 4.57 Å². The van der Waals surface area contributed by atoms with E-state index in [9.17, 15) is 0 Å². The maximum atomic E-state index is 2.62. The number of nitrogens with zero attached hydrogens (tertiary/aromatic N) is 1. The monoisotopic (exact) mass is 512 g/mol. The molecule has 198 valence electrons. The predicted octanol–water partition coefficient (Wildman–Crippen LogP) is 9.13. The molecule has 0 fully saturated rings. The van der Waals surface area contributed by atoms with Gasteiger partial charge in [-0.3, -0.25) is 0 Å². The highest BCUT2D eigenvalue weighted by atomic mass is 15.1. The van der Waals surface area contributed by atoms with Crippen LogP contribution in [0.5, 0.6) is 0 Å². The van der Waals surface area contributed by atoms with Gasteiger partial charge in [0.15, 0.2) is 11.7 Å². The van der Waals surface area contributed by atoms with Crippen molar-refractivity contribution in [2.75, 3.05) is 0 Å². The van der Waals surface area contributed by atoms with E-state index < -0.39 is 0 Å². The van der Waals surface area contributed by atoms with Gasteiger partial charge >= 0.3 is 0 Å². The summed E-state index contributed by atoms with van der Waals surface area (Å²) in [6, 6.07) is 37.0. The fourth-order valence-corrected chi connectivity index (χ4v) is 7.87. The lowest BCUT2D eigenvalue weighted by atomic mass is 9.58. The average Bonchev–Trinajstić information content (AvgIpc) is 3.32. The number of unbranched alkanes of at least 4 members (excludes halogenated alkanes) is 1. The lowest BCUT2D eigenvalue weighted by molar-refractivity contribution is -0.778. The van der Waals surface area contributed by atoms with Gasteiger partial charge in [0, 0.05) is 31.1 Å². The topological polar surface area (TPSA) is 3.88 Å². The van der Waals surface area contributed by atoms with Gasteiger partial charge in [-0.1, -0.05) is 106 Å². The number of benzene rings is 3. The van der Waals surface area contributed by atoms with E-state index >= 15 is 0 Å². The zero-order chi connectivity index (χ0) is 27.3. The number of aromatic nitrogens is 1. The van der Waals surface area contributed by atoms with Crippen molar-refractivity contribution in [1.82, 2.24) is 0 Å². The molecule has 1 heteroatoms. The molecule has 0 radical (unpaired) electrons. The van der Waals surface area contributed by atoms with Gasteiger partial charge in [0.25, 0.3) is 0 Å². The third kappa shape index (κ3) is 3.41. The molecular weight excluding hydrogens is 470 g/mol. The van der Waals surface area contributed by atoms with Crippen molar-refractivity contribution in [2.24, 2.45) is 5.41 Å². The van der Waals surface area contributed by atoms with E-state index in [2.05, 4.69) is 142 Å². The Morgan fingerprint density at radius 1 is 0.641 bits per heavy atom. The quantitative estimate of drug-likeness (QED) is 0.217. The van der Waals surface area contributed by atoms with Crippen LogP contribution >= 0.6 is 0 Å². The molecule has 0 N–H and O–H groups in total. The summed E-state index contributed by atoms with van der Waals surface area (Å²) in [4.78, 5) is 0. The molecule has 0 saturated heterocycles. The van der Waals surface area contributed by atoms with E-state index in [0.29, 0.717) is 0 Å². The van der Waals surface area contributed by atoms with Gasteiger partial charge in [0.1, 0.15) is 0 Å². The normalized spacial score (nSPS) is 25.3. The summed E-state index contributed by atoms with van der Waals surface area (Å²) in [5.74, 6) is 0. The SMILES string of the molecule is CCCCc1ccc(C2(c3ccccc3)C3=C(c4ccccc42)C(C)(CC)C(C)(CC)[n+]2ccccc23)cc1. The van der Waals surface area contributed by atoms with Gasteiger partial charge in [-0.25, -0.2) is 0 Å². The van der Waals surface area contributed by atoms with Crippen molar-refractivity contribution >= 4 is 11.1 Å². The molecule has 0 amide bonds. The van der Waals surface area contributed by atoms with Crippen LogP contribution in [0.1, 0.15) is 93.8 Å². The summed E-state index contributed by atoms with van der Waals surface area (Å²) in [6.45, 7) is 12.0. The van der Waals surface area contributed by atoms with Crippen molar-refractivity contribution in [2.45, 2.75) is 77.7 Å². The first-order chi connectivity index (χ1) is 19.0. The first-order valence-electron chi connectivity index (χ1n) is 15.0. The lowest BCUT2D eigenvalue weighted by Crippen LogP contribution is -2.66. The minimum Gasteiger partial charge on any atom is -0.193 e. The molecule has 1 nitrogen and oxygen atoms in total. The molecule has 39 heavy (non-hydrogen) atoms. The fourth-order valence-electron chi connectivity index (χ4n) is 7.87. The Hall–Kier alpha value is -3.45. The summed E-state index contributed by atoms with van der Waals surface area (Å²) in [6.07, 6.45) is 8.08. The van der Waals surface area contributed by atoms with E-state index in [4.69, 9.17) is 0 Å². The van der Waals surface area contributed by atoms with E-state index in [1.807, 2.05) is 0 Å². The Kier molecular flexibility index (Phi) is 6.37. The molecule has 6 rings (SSSR count). The number of pyridine rings is 1. The van der Waals surface area contributed by atoms with Crippen LogP contribution in [-0.2, 0) is 17.4 Å². The van der Waals surface area contributed by atoms with E-state index in [-0.39, 0.29) is 16.4 Å². The number of aryl methyl sites for hydroxylation is 1. The molecule has 3 aromatic carbocycles. The van der Waals surface area contributed by atoms with Gasteiger partial charge in [-0.05, 0) is 65.6 Å². The van der Waals surface area contributed by atoms with Gasteiger partial charge in [0.05, 0.1) is 10.8 Å². The number of hydrogen-bond donors (Lipinski definition) is 0. The van der Waals surface area contributed by atoms with Gasteiger partial charge in [-0.2, -0.15) is 4.57 Å². The minimum atomic E-state index is -0.384. The number of allylic oxidation sites excluding steroid dienone is 2. The van der Waals surface area contributed by atoms with E-state index in [1.54, 1.807) is 0 Å². The zero-order valence-corrected chi connectivity index (χ0v) is 24.3. The van der Waals surface area contributed by atoms with Crippen LogP contribution in [0.25, 0.3) is 11.1 Å². The summed E-state index contributed by atoms with van der Waals surface area (Å²) < 4.78 is 2.62. The second-order valence-corrected chi connectivity index (χ2v) is 12.0. The fraction of sp³-hybridized carbons (Fsp3) is 0.342. The summed E-state index contributed by atoms with van der Waals surface area (Å²) >= 11 is 0. The molecule has 1 aliphatic heterocycles. The van der Waals surface area contributed by atoms with Gasteiger partial charge in [-0.15, -0.1) is 0 Å². The van der Waals surface area contributed by atoms with Crippen LogP contribution in [0, 0.1) is 5.41 Å². The zero-order valence-electron chi connectivity index (χ0n) is 24.3. The van der Waals surface area contributed by atoms with Crippen LogP contribution in [0.3, 0.4) is 0 Å². The molecular formula is C38H42N+. The third-order valence-corrected chi connectivity index (χ3v) is 10.4. The second kappa shape index (κ2) is 9.63. The number of hydrogen-bond acceptors (Lipinski definition) is 0. The Balaban J connectivity index is 1.78. The summed E-state index contributed by atoms with van der Waals surface area (Å²) in [5.41, 5.74) is 10.9. The Morgan fingerprint density at radius 2 is 1.31 bits per heavy atom. The number of rotatable bonds is 7. The van der Waals surface area contributed by atoms with Crippen LogP contribution < -0.4 is 4.57 Å². The Morgan fingerprint density at radius 3 is 2.00 bits per heavy atom. The predicted molar refractivity (Wildman–Crippen MR) is 164 cm³/mol. The summed E-state index contributed by atoms with van der Waals surface area (Å²) in [5, 5.41) is 0. The molecule has 2 aliphatic rings. The van der Waals surface area contributed by atoms with Crippen LogP contribution in [0.4, 0.5) is 0 Å². The largest absolute Gasteiger partial charge is 0.210 e. The van der Waals surface area contributed by atoms with Gasteiger partial charge in [0.2, 0.25) is 5.69 Å². The Labute approximate surface area is 235 Å². The maximum absolute atomic E-state index is 2.62.